The van der Waals surface area contributed by atoms with Gasteiger partial charge in [-0.25, -0.2) is 13.2 Å². The molecule has 0 amide bonds. The van der Waals surface area contributed by atoms with Crippen molar-refractivity contribution in [2.75, 3.05) is 32.5 Å². The molecule has 1 fully saturated rings. The lowest BCUT2D eigenvalue weighted by Gasteiger charge is -2.29. The predicted molar refractivity (Wildman–Crippen MR) is 77.7 cm³/mol. The van der Waals surface area contributed by atoms with E-state index in [1.54, 1.807) is 0 Å². The number of nitrogens with zero attached hydrogens (tertiary/aromatic N) is 1. The van der Waals surface area contributed by atoms with Gasteiger partial charge in [0.05, 0.1) is 33.9 Å². The number of aromatic carboxylic acids is 1. The van der Waals surface area contributed by atoms with Crippen LogP contribution in [0.2, 0.25) is 5.02 Å². The van der Waals surface area contributed by atoms with Crippen LogP contribution >= 0.6 is 11.6 Å². The standard InChI is InChI=1S/C13H16ClNO5S/c1-15-4-5-20-9(7-15)8-21(18,19)10-2-3-11(13(16)17)12(14)6-10/h2-3,6,9H,4-5,7-8H2,1H3,(H,16,17). The Morgan fingerprint density at radius 2 is 2.24 bits per heavy atom. The number of halogens is 1. The largest absolute Gasteiger partial charge is 0.478 e. The number of likely N-dealkylation sites (N-methyl/N-ethyl adjacent to an activating group) is 1. The summed E-state index contributed by atoms with van der Waals surface area (Å²) in [6, 6.07) is 3.63. The summed E-state index contributed by atoms with van der Waals surface area (Å²) < 4.78 is 30.1. The molecule has 1 heterocycles. The molecule has 0 aliphatic carbocycles. The van der Waals surface area contributed by atoms with Crippen molar-refractivity contribution in [3.05, 3.63) is 28.8 Å². The Morgan fingerprint density at radius 1 is 1.52 bits per heavy atom. The number of rotatable bonds is 4. The van der Waals surface area contributed by atoms with Crippen molar-refractivity contribution in [2.45, 2.75) is 11.0 Å². The van der Waals surface area contributed by atoms with Crippen LogP contribution in [0.1, 0.15) is 10.4 Å². The zero-order chi connectivity index (χ0) is 15.6. The second-order valence-electron chi connectivity index (χ2n) is 4.98. The van der Waals surface area contributed by atoms with Crippen molar-refractivity contribution in [1.29, 1.82) is 0 Å². The summed E-state index contributed by atoms with van der Waals surface area (Å²) in [5, 5.41) is 8.80. The van der Waals surface area contributed by atoms with E-state index in [4.69, 9.17) is 21.4 Å². The lowest BCUT2D eigenvalue weighted by molar-refractivity contribution is -0.00680. The van der Waals surface area contributed by atoms with E-state index in [9.17, 15) is 13.2 Å². The minimum Gasteiger partial charge on any atom is -0.478 e. The fourth-order valence-electron chi connectivity index (χ4n) is 2.17. The zero-order valence-corrected chi connectivity index (χ0v) is 13.0. The number of carboxylic acids is 1. The number of benzene rings is 1. The number of hydrogen-bond acceptors (Lipinski definition) is 5. The normalized spacial score (nSPS) is 20.4. The maximum absolute atomic E-state index is 12.3. The van der Waals surface area contributed by atoms with Gasteiger partial charge in [0.2, 0.25) is 0 Å². The van der Waals surface area contributed by atoms with Crippen LogP contribution in [0.15, 0.2) is 23.1 Å². The second kappa shape index (κ2) is 6.31. The van der Waals surface area contributed by atoms with E-state index in [1.807, 2.05) is 11.9 Å². The fraction of sp³-hybridized carbons (Fsp3) is 0.462. The summed E-state index contributed by atoms with van der Waals surface area (Å²) in [6.07, 6.45) is -0.397. The van der Waals surface area contributed by atoms with Gasteiger partial charge in [-0.05, 0) is 25.2 Å². The fourth-order valence-corrected chi connectivity index (χ4v) is 3.95. The third-order valence-corrected chi connectivity index (χ3v) is 5.37. The van der Waals surface area contributed by atoms with E-state index in [-0.39, 0.29) is 21.2 Å². The second-order valence-corrected chi connectivity index (χ2v) is 7.42. The molecular formula is C13H16ClNO5S. The number of hydrogen-bond donors (Lipinski definition) is 1. The highest BCUT2D eigenvalue weighted by Crippen LogP contribution is 2.23. The molecule has 116 valence electrons. The molecule has 1 aliphatic heterocycles. The van der Waals surface area contributed by atoms with Gasteiger partial charge in [0.25, 0.3) is 0 Å². The molecule has 1 aromatic rings. The number of morpholine rings is 1. The molecule has 21 heavy (non-hydrogen) atoms. The maximum atomic E-state index is 12.3. The van der Waals surface area contributed by atoms with E-state index in [0.717, 1.165) is 6.54 Å². The maximum Gasteiger partial charge on any atom is 0.337 e. The minimum absolute atomic E-state index is 0.00864. The molecular weight excluding hydrogens is 318 g/mol. The van der Waals surface area contributed by atoms with Gasteiger partial charge in [-0.3, -0.25) is 0 Å². The molecule has 0 aromatic heterocycles. The van der Waals surface area contributed by atoms with Crippen LogP contribution < -0.4 is 0 Å². The van der Waals surface area contributed by atoms with Gasteiger partial charge in [-0.2, -0.15) is 0 Å². The lowest BCUT2D eigenvalue weighted by Crippen LogP contribution is -2.43. The minimum atomic E-state index is -3.58. The van der Waals surface area contributed by atoms with Gasteiger partial charge in [-0.15, -0.1) is 0 Å². The molecule has 0 spiro atoms. The number of ether oxygens (including phenoxy) is 1. The third kappa shape index (κ3) is 3.94. The SMILES string of the molecule is CN1CCOC(CS(=O)(=O)c2ccc(C(=O)O)c(Cl)c2)C1. The molecule has 1 N–H and O–H groups in total. The van der Waals surface area contributed by atoms with Crippen molar-refractivity contribution in [2.24, 2.45) is 0 Å². The summed E-state index contributed by atoms with van der Waals surface area (Å²) >= 11 is 5.81. The van der Waals surface area contributed by atoms with Crippen LogP contribution in [0.25, 0.3) is 0 Å². The van der Waals surface area contributed by atoms with Crippen molar-refractivity contribution >= 4 is 27.4 Å². The van der Waals surface area contributed by atoms with Gasteiger partial charge in [0, 0.05) is 13.1 Å². The number of carbonyl (C=O) groups is 1. The van der Waals surface area contributed by atoms with Crippen molar-refractivity contribution in [1.82, 2.24) is 4.90 Å². The molecule has 0 radical (unpaired) electrons. The van der Waals surface area contributed by atoms with E-state index >= 15 is 0 Å². The first-order valence-electron chi connectivity index (χ1n) is 6.35. The average Bonchev–Trinajstić information content (AvgIpc) is 2.37. The number of sulfone groups is 1. The van der Waals surface area contributed by atoms with Crippen LogP contribution in [0.5, 0.6) is 0 Å². The Morgan fingerprint density at radius 3 is 2.81 bits per heavy atom. The highest BCUT2D eigenvalue weighted by Gasteiger charge is 2.26. The zero-order valence-electron chi connectivity index (χ0n) is 11.5. The molecule has 8 heteroatoms. The molecule has 2 rings (SSSR count). The Bertz CT molecular complexity index is 646. The van der Waals surface area contributed by atoms with Crippen LogP contribution in [0.4, 0.5) is 0 Å². The Hall–Kier alpha value is -1.15. The highest BCUT2D eigenvalue weighted by atomic mass is 35.5. The van der Waals surface area contributed by atoms with E-state index in [2.05, 4.69) is 0 Å². The van der Waals surface area contributed by atoms with Gasteiger partial charge in [0.1, 0.15) is 0 Å². The quantitative estimate of drug-likeness (QED) is 0.889. The monoisotopic (exact) mass is 333 g/mol. The molecule has 1 aliphatic rings. The number of carboxylic acid groups (broad SMARTS) is 1. The Labute approximate surface area is 128 Å². The average molecular weight is 334 g/mol. The van der Waals surface area contributed by atoms with Crippen LogP contribution in [0.3, 0.4) is 0 Å². The van der Waals surface area contributed by atoms with Gasteiger partial charge in [0.15, 0.2) is 9.84 Å². The van der Waals surface area contributed by atoms with E-state index in [0.29, 0.717) is 13.2 Å². The lowest BCUT2D eigenvalue weighted by atomic mass is 10.2. The topological polar surface area (TPSA) is 83.9 Å². The summed E-state index contributed by atoms with van der Waals surface area (Å²) in [5.74, 6) is -1.35. The van der Waals surface area contributed by atoms with E-state index < -0.39 is 21.9 Å². The third-order valence-electron chi connectivity index (χ3n) is 3.28. The van der Waals surface area contributed by atoms with Crippen molar-refractivity contribution < 1.29 is 23.1 Å². The Balaban J connectivity index is 2.19. The molecule has 0 saturated carbocycles. The summed E-state index contributed by atoms with van der Waals surface area (Å²) in [6.45, 7) is 1.81. The van der Waals surface area contributed by atoms with Gasteiger partial charge in [-0.1, -0.05) is 11.6 Å². The van der Waals surface area contributed by atoms with Crippen LogP contribution in [-0.4, -0.2) is 63.0 Å². The molecule has 0 bridgehead atoms. The van der Waals surface area contributed by atoms with Gasteiger partial charge >= 0.3 is 5.97 Å². The summed E-state index contributed by atoms with van der Waals surface area (Å²) in [7, 11) is -1.67. The Kier molecular flexibility index (Phi) is 4.88. The predicted octanol–water partition coefficient (Wildman–Crippen LogP) is 1.14. The van der Waals surface area contributed by atoms with Crippen LogP contribution in [0, 0.1) is 0 Å². The first-order chi connectivity index (χ1) is 9.79. The summed E-state index contributed by atoms with van der Waals surface area (Å²) in [4.78, 5) is 12.9. The summed E-state index contributed by atoms with van der Waals surface area (Å²) in [5.41, 5.74) is -0.121. The van der Waals surface area contributed by atoms with E-state index in [1.165, 1.54) is 18.2 Å². The molecule has 1 atom stereocenters. The molecule has 1 saturated heterocycles. The first-order valence-corrected chi connectivity index (χ1v) is 8.38. The van der Waals surface area contributed by atoms with Gasteiger partial charge < -0.3 is 14.7 Å². The van der Waals surface area contributed by atoms with Crippen molar-refractivity contribution in [3.63, 3.8) is 0 Å². The first kappa shape index (κ1) is 16.2. The molecule has 6 nitrogen and oxygen atoms in total. The highest BCUT2D eigenvalue weighted by molar-refractivity contribution is 7.91. The van der Waals surface area contributed by atoms with Crippen molar-refractivity contribution in [3.8, 4) is 0 Å². The van der Waals surface area contributed by atoms with Crippen LogP contribution in [-0.2, 0) is 14.6 Å². The molecule has 1 aromatic carbocycles. The molecule has 1 unspecified atom stereocenters. The smallest absolute Gasteiger partial charge is 0.337 e.